The second-order valence-corrected chi connectivity index (χ2v) is 6.42. The first-order chi connectivity index (χ1) is 10.1. The molecule has 114 valence electrons. The summed E-state index contributed by atoms with van der Waals surface area (Å²) in [6, 6.07) is 11.0. The van der Waals surface area contributed by atoms with Crippen molar-refractivity contribution in [2.75, 3.05) is 27.7 Å². The third kappa shape index (κ3) is 4.30. The first-order valence-corrected chi connectivity index (χ1v) is 8.04. The third-order valence-electron chi connectivity index (χ3n) is 3.58. The van der Waals surface area contributed by atoms with Crippen molar-refractivity contribution < 1.29 is 4.74 Å². The number of hydrogen-bond donors (Lipinski definition) is 1. The van der Waals surface area contributed by atoms with E-state index in [1.807, 2.05) is 17.4 Å². The lowest BCUT2D eigenvalue weighted by Crippen LogP contribution is -2.30. The van der Waals surface area contributed by atoms with E-state index in [4.69, 9.17) is 4.74 Å². The molecule has 2 aromatic rings. The number of aryl methyl sites for hydroxylation is 1. The van der Waals surface area contributed by atoms with Crippen molar-refractivity contribution in [2.45, 2.75) is 19.5 Å². The van der Waals surface area contributed by atoms with E-state index in [0.29, 0.717) is 6.04 Å². The van der Waals surface area contributed by atoms with Crippen molar-refractivity contribution in [1.82, 2.24) is 10.2 Å². The summed E-state index contributed by atoms with van der Waals surface area (Å²) in [5, 5.41) is 5.69. The molecule has 0 aliphatic rings. The van der Waals surface area contributed by atoms with Gasteiger partial charge in [0.05, 0.1) is 13.2 Å². The zero-order valence-corrected chi connectivity index (χ0v) is 14.0. The Hall–Kier alpha value is -1.36. The molecule has 0 fully saturated rings. The Balaban J connectivity index is 1.98. The van der Waals surface area contributed by atoms with Gasteiger partial charge >= 0.3 is 0 Å². The lowest BCUT2D eigenvalue weighted by Gasteiger charge is -2.24. The molecule has 0 aliphatic carbocycles. The van der Waals surface area contributed by atoms with E-state index < -0.39 is 0 Å². The van der Waals surface area contributed by atoms with Gasteiger partial charge in [0.15, 0.2) is 0 Å². The lowest BCUT2D eigenvalue weighted by atomic mass is 10.1. The van der Waals surface area contributed by atoms with Gasteiger partial charge in [-0.25, -0.2) is 0 Å². The van der Waals surface area contributed by atoms with Crippen LogP contribution in [0.3, 0.4) is 0 Å². The van der Waals surface area contributed by atoms with Crippen LogP contribution >= 0.6 is 11.3 Å². The van der Waals surface area contributed by atoms with Crippen LogP contribution in [0, 0.1) is 6.92 Å². The van der Waals surface area contributed by atoms with Crippen LogP contribution in [0.5, 0.6) is 5.75 Å². The number of hydrogen-bond acceptors (Lipinski definition) is 4. The molecule has 1 N–H and O–H groups in total. The average Bonchev–Trinajstić information content (AvgIpc) is 2.97. The molecule has 0 saturated heterocycles. The Labute approximate surface area is 131 Å². The molecule has 0 aliphatic heterocycles. The van der Waals surface area contributed by atoms with Gasteiger partial charge in [0.25, 0.3) is 0 Å². The molecule has 0 radical (unpaired) electrons. The Kier molecular flexibility index (Phi) is 5.79. The van der Waals surface area contributed by atoms with Gasteiger partial charge in [-0.15, -0.1) is 11.3 Å². The van der Waals surface area contributed by atoms with Crippen molar-refractivity contribution in [3.8, 4) is 5.75 Å². The Bertz CT molecular complexity index is 552. The topological polar surface area (TPSA) is 24.5 Å². The van der Waals surface area contributed by atoms with Gasteiger partial charge in [-0.3, -0.25) is 0 Å². The van der Waals surface area contributed by atoms with Gasteiger partial charge < -0.3 is 15.0 Å². The standard InChI is InChI=1S/C17H24N2OS/c1-13-7-8-16(20-4)14(10-13)11-18-12-15(19(2)3)17-6-5-9-21-17/h5-10,15,18H,11-12H2,1-4H3. The zero-order valence-electron chi connectivity index (χ0n) is 13.2. The second-order valence-electron chi connectivity index (χ2n) is 5.44. The Morgan fingerprint density at radius 1 is 1.29 bits per heavy atom. The highest BCUT2D eigenvalue weighted by molar-refractivity contribution is 7.10. The molecule has 0 amide bonds. The number of nitrogens with one attached hydrogen (secondary N) is 1. The van der Waals surface area contributed by atoms with Gasteiger partial charge in [-0.1, -0.05) is 23.8 Å². The van der Waals surface area contributed by atoms with Crippen molar-refractivity contribution in [3.05, 3.63) is 51.7 Å². The molecule has 0 saturated carbocycles. The second kappa shape index (κ2) is 7.59. The predicted octanol–water partition coefficient (Wildman–Crippen LogP) is 3.46. The summed E-state index contributed by atoms with van der Waals surface area (Å²) in [5.74, 6) is 0.950. The van der Waals surface area contributed by atoms with Crippen LogP contribution in [0.1, 0.15) is 22.0 Å². The largest absolute Gasteiger partial charge is 0.496 e. The normalized spacial score (nSPS) is 12.6. The summed E-state index contributed by atoms with van der Waals surface area (Å²) in [4.78, 5) is 3.65. The van der Waals surface area contributed by atoms with Crippen LogP contribution in [0.15, 0.2) is 35.7 Å². The summed E-state index contributed by atoms with van der Waals surface area (Å²) in [6.45, 7) is 3.85. The van der Waals surface area contributed by atoms with E-state index in [-0.39, 0.29) is 0 Å². The van der Waals surface area contributed by atoms with Gasteiger partial charge in [-0.05, 0) is 38.5 Å². The summed E-state index contributed by atoms with van der Waals surface area (Å²) in [6.07, 6.45) is 0. The lowest BCUT2D eigenvalue weighted by molar-refractivity contribution is 0.292. The molecule has 1 unspecified atom stereocenters. The summed E-state index contributed by atoms with van der Waals surface area (Å²) in [7, 11) is 5.97. The maximum atomic E-state index is 5.43. The Morgan fingerprint density at radius 2 is 2.10 bits per heavy atom. The van der Waals surface area contributed by atoms with Crippen molar-refractivity contribution >= 4 is 11.3 Å². The molecular weight excluding hydrogens is 280 g/mol. The van der Waals surface area contributed by atoms with Gasteiger partial charge in [0.2, 0.25) is 0 Å². The molecule has 3 nitrogen and oxygen atoms in total. The molecule has 21 heavy (non-hydrogen) atoms. The Morgan fingerprint density at radius 3 is 2.71 bits per heavy atom. The van der Waals surface area contributed by atoms with Gasteiger partial charge in [0.1, 0.15) is 5.75 Å². The van der Waals surface area contributed by atoms with Gasteiger partial charge in [0, 0.05) is 23.5 Å². The predicted molar refractivity (Wildman–Crippen MR) is 90.2 cm³/mol. The average molecular weight is 304 g/mol. The summed E-state index contributed by atoms with van der Waals surface area (Å²) in [5.41, 5.74) is 2.47. The minimum atomic E-state index is 0.404. The highest BCUT2D eigenvalue weighted by Gasteiger charge is 2.14. The highest BCUT2D eigenvalue weighted by Crippen LogP contribution is 2.23. The van der Waals surface area contributed by atoms with Crippen molar-refractivity contribution in [3.63, 3.8) is 0 Å². The van der Waals surface area contributed by atoms with Crippen LogP contribution in [0.2, 0.25) is 0 Å². The van der Waals surface area contributed by atoms with Crippen LogP contribution < -0.4 is 10.1 Å². The molecule has 0 spiro atoms. The van der Waals surface area contributed by atoms with Crippen molar-refractivity contribution in [2.24, 2.45) is 0 Å². The third-order valence-corrected chi connectivity index (χ3v) is 4.56. The molecule has 1 aromatic heterocycles. The van der Waals surface area contributed by atoms with E-state index >= 15 is 0 Å². The van der Waals surface area contributed by atoms with Crippen molar-refractivity contribution in [1.29, 1.82) is 0 Å². The first-order valence-electron chi connectivity index (χ1n) is 7.16. The molecular formula is C17H24N2OS. The highest BCUT2D eigenvalue weighted by atomic mass is 32.1. The fourth-order valence-electron chi connectivity index (χ4n) is 2.41. The first kappa shape index (κ1) is 16.0. The molecule has 1 aromatic carbocycles. The molecule has 2 rings (SSSR count). The number of rotatable bonds is 7. The SMILES string of the molecule is COc1ccc(C)cc1CNCC(c1cccs1)N(C)C. The smallest absolute Gasteiger partial charge is 0.123 e. The number of methoxy groups -OCH3 is 1. The van der Waals surface area contributed by atoms with Crippen LogP contribution in [-0.4, -0.2) is 32.6 Å². The number of thiophene rings is 1. The number of benzene rings is 1. The molecule has 0 bridgehead atoms. The van der Waals surface area contributed by atoms with Gasteiger partial charge in [-0.2, -0.15) is 0 Å². The summed E-state index contributed by atoms with van der Waals surface area (Å²) >= 11 is 1.81. The fraction of sp³-hybridized carbons (Fsp3) is 0.412. The monoisotopic (exact) mass is 304 g/mol. The van der Waals surface area contributed by atoms with E-state index in [1.165, 1.54) is 16.0 Å². The quantitative estimate of drug-likeness (QED) is 0.848. The van der Waals surface area contributed by atoms with E-state index in [0.717, 1.165) is 18.8 Å². The van der Waals surface area contributed by atoms with E-state index in [1.54, 1.807) is 7.11 Å². The maximum Gasteiger partial charge on any atom is 0.123 e. The summed E-state index contributed by atoms with van der Waals surface area (Å²) < 4.78 is 5.43. The molecule has 4 heteroatoms. The van der Waals surface area contributed by atoms with E-state index in [9.17, 15) is 0 Å². The van der Waals surface area contributed by atoms with Crippen LogP contribution in [0.4, 0.5) is 0 Å². The fourth-order valence-corrected chi connectivity index (χ4v) is 3.33. The minimum absolute atomic E-state index is 0.404. The maximum absolute atomic E-state index is 5.43. The zero-order chi connectivity index (χ0) is 15.2. The van der Waals surface area contributed by atoms with E-state index in [2.05, 4.69) is 60.9 Å². The van der Waals surface area contributed by atoms with Crippen LogP contribution in [-0.2, 0) is 6.54 Å². The number of ether oxygens (including phenoxy) is 1. The van der Waals surface area contributed by atoms with Crippen LogP contribution in [0.25, 0.3) is 0 Å². The minimum Gasteiger partial charge on any atom is -0.496 e. The number of nitrogens with zero attached hydrogens (tertiary/aromatic N) is 1. The molecule has 1 atom stereocenters. The number of likely N-dealkylation sites (N-methyl/N-ethyl adjacent to an activating group) is 1. The molecule has 1 heterocycles.